The average molecular weight is 263 g/mol. The van der Waals surface area contributed by atoms with Crippen LogP contribution in [0.25, 0.3) is 0 Å². The number of nitrogens with zero attached hydrogens (tertiary/aromatic N) is 1. The van der Waals surface area contributed by atoms with Crippen LogP contribution in [0.1, 0.15) is 12.0 Å². The second kappa shape index (κ2) is 4.47. The van der Waals surface area contributed by atoms with E-state index in [1.807, 2.05) is 6.07 Å². The van der Waals surface area contributed by atoms with E-state index in [1.165, 1.54) is 0 Å². The van der Waals surface area contributed by atoms with Crippen LogP contribution < -0.4 is 11.1 Å². The molecule has 1 aliphatic carbocycles. The zero-order chi connectivity index (χ0) is 13.6. The highest BCUT2D eigenvalue weighted by Crippen LogP contribution is 2.40. The second-order valence-electron chi connectivity index (χ2n) is 5.26. The number of nitrogens with one attached hydrogen (secondary N) is 1. The van der Waals surface area contributed by atoms with E-state index in [2.05, 4.69) is 5.32 Å². The number of rotatable bonds is 3. The molecule has 1 aromatic carbocycles. The van der Waals surface area contributed by atoms with Gasteiger partial charge in [-0.2, -0.15) is 0 Å². The lowest BCUT2D eigenvalue weighted by molar-refractivity contribution is -0.384. The van der Waals surface area contributed by atoms with Gasteiger partial charge in [0.1, 0.15) is 5.69 Å². The second-order valence-corrected chi connectivity index (χ2v) is 5.26. The molecule has 2 aliphatic rings. The number of ether oxygens (including phenoxy) is 1. The number of benzene rings is 1. The van der Waals surface area contributed by atoms with E-state index in [1.54, 1.807) is 19.1 Å². The van der Waals surface area contributed by atoms with Crippen LogP contribution in [-0.2, 0) is 4.74 Å². The van der Waals surface area contributed by atoms with E-state index < -0.39 is 0 Å². The van der Waals surface area contributed by atoms with E-state index in [9.17, 15) is 10.1 Å². The van der Waals surface area contributed by atoms with Crippen LogP contribution in [0.2, 0.25) is 0 Å². The van der Waals surface area contributed by atoms with Gasteiger partial charge in [-0.05, 0) is 19.4 Å². The Bertz CT molecular complexity index is 520. The minimum Gasteiger partial charge on any atom is -0.376 e. The van der Waals surface area contributed by atoms with Gasteiger partial charge in [0.05, 0.1) is 17.1 Å². The highest BCUT2D eigenvalue weighted by molar-refractivity contribution is 5.66. The number of para-hydroxylation sites is 1. The van der Waals surface area contributed by atoms with Gasteiger partial charge in [0.2, 0.25) is 0 Å². The summed E-state index contributed by atoms with van der Waals surface area (Å²) >= 11 is 0. The molecule has 0 bridgehead atoms. The number of hydrogen-bond acceptors (Lipinski definition) is 5. The highest BCUT2D eigenvalue weighted by atomic mass is 16.6. The van der Waals surface area contributed by atoms with Crippen molar-refractivity contribution in [2.24, 2.45) is 11.7 Å². The molecule has 1 heterocycles. The van der Waals surface area contributed by atoms with E-state index >= 15 is 0 Å². The summed E-state index contributed by atoms with van der Waals surface area (Å²) in [6, 6.07) is 5.24. The van der Waals surface area contributed by atoms with Gasteiger partial charge >= 0.3 is 0 Å². The van der Waals surface area contributed by atoms with Crippen molar-refractivity contribution in [1.82, 2.24) is 0 Å². The average Bonchev–Trinajstić information content (AvgIpc) is 2.80. The Kier molecular flexibility index (Phi) is 2.91. The summed E-state index contributed by atoms with van der Waals surface area (Å²) in [5.41, 5.74) is 7.40. The third kappa shape index (κ3) is 1.87. The van der Waals surface area contributed by atoms with Crippen molar-refractivity contribution in [2.45, 2.75) is 31.5 Å². The summed E-state index contributed by atoms with van der Waals surface area (Å²) in [5, 5.41) is 14.3. The van der Waals surface area contributed by atoms with E-state index in [-0.39, 0.29) is 28.8 Å². The molecule has 1 saturated carbocycles. The monoisotopic (exact) mass is 263 g/mol. The van der Waals surface area contributed by atoms with Gasteiger partial charge in [0.25, 0.3) is 5.69 Å². The predicted octanol–water partition coefficient (Wildman–Crippen LogP) is 1.43. The maximum absolute atomic E-state index is 11.1. The normalized spacial score (nSPS) is 32.5. The molecule has 102 valence electrons. The molecule has 0 amide bonds. The Balaban J connectivity index is 1.84. The molecule has 4 unspecified atom stereocenters. The van der Waals surface area contributed by atoms with Gasteiger partial charge in [0.15, 0.2) is 0 Å². The molecular formula is C13H17N3O3. The van der Waals surface area contributed by atoms with Crippen LogP contribution in [0.4, 0.5) is 11.4 Å². The molecule has 0 spiro atoms. The van der Waals surface area contributed by atoms with Crippen LogP contribution in [0, 0.1) is 23.0 Å². The Labute approximate surface area is 111 Å². The fourth-order valence-electron chi connectivity index (χ4n) is 3.13. The van der Waals surface area contributed by atoms with E-state index in [0.717, 1.165) is 13.0 Å². The summed E-state index contributed by atoms with van der Waals surface area (Å²) in [6.07, 6.45) is 1.08. The maximum Gasteiger partial charge on any atom is 0.295 e. The standard InChI is InChI=1S/C13H17N3O3/c1-7-3-2-4-9(12(7)16(17)18)15-11-10(14)8-5-6-19-13(8)11/h2-4,8,10-11,13,15H,5-6,14H2,1H3. The summed E-state index contributed by atoms with van der Waals surface area (Å²) < 4.78 is 5.63. The number of anilines is 1. The summed E-state index contributed by atoms with van der Waals surface area (Å²) in [4.78, 5) is 10.8. The lowest BCUT2D eigenvalue weighted by atomic mass is 9.72. The smallest absolute Gasteiger partial charge is 0.295 e. The van der Waals surface area contributed by atoms with Crippen molar-refractivity contribution in [1.29, 1.82) is 0 Å². The zero-order valence-electron chi connectivity index (χ0n) is 10.7. The molecule has 1 aromatic rings. The van der Waals surface area contributed by atoms with E-state index in [0.29, 0.717) is 17.2 Å². The minimum absolute atomic E-state index is 0.00705. The SMILES string of the molecule is Cc1cccc(NC2C(N)C3CCOC32)c1[N+](=O)[O-]. The summed E-state index contributed by atoms with van der Waals surface area (Å²) in [6.45, 7) is 2.47. The highest BCUT2D eigenvalue weighted by Gasteiger charge is 2.52. The molecule has 1 aliphatic heterocycles. The van der Waals surface area contributed by atoms with Crippen LogP contribution in [-0.4, -0.2) is 29.7 Å². The fourth-order valence-corrected chi connectivity index (χ4v) is 3.13. The van der Waals surface area contributed by atoms with Gasteiger partial charge in [-0.25, -0.2) is 0 Å². The number of nitro benzene ring substituents is 1. The van der Waals surface area contributed by atoms with Gasteiger partial charge in [0, 0.05) is 24.1 Å². The first-order chi connectivity index (χ1) is 9.09. The molecule has 1 saturated heterocycles. The summed E-state index contributed by atoms with van der Waals surface area (Å²) in [7, 11) is 0. The number of hydrogen-bond donors (Lipinski definition) is 2. The fraction of sp³-hybridized carbons (Fsp3) is 0.538. The number of nitro groups is 1. The molecule has 0 aromatic heterocycles. The Morgan fingerprint density at radius 2 is 2.32 bits per heavy atom. The van der Waals surface area contributed by atoms with Crippen molar-refractivity contribution < 1.29 is 9.66 Å². The van der Waals surface area contributed by atoms with Gasteiger partial charge in [-0.15, -0.1) is 0 Å². The lowest BCUT2D eigenvalue weighted by Crippen LogP contribution is -2.65. The topological polar surface area (TPSA) is 90.4 Å². The largest absolute Gasteiger partial charge is 0.376 e. The zero-order valence-corrected chi connectivity index (χ0v) is 10.7. The first-order valence-electron chi connectivity index (χ1n) is 6.47. The quantitative estimate of drug-likeness (QED) is 0.636. The Hall–Kier alpha value is -1.66. The number of aryl methyl sites for hydroxylation is 1. The molecule has 0 radical (unpaired) electrons. The minimum atomic E-state index is -0.352. The number of fused-ring (bicyclic) bond motifs is 1. The molecular weight excluding hydrogens is 246 g/mol. The molecule has 4 atom stereocenters. The lowest BCUT2D eigenvalue weighted by Gasteiger charge is -2.46. The van der Waals surface area contributed by atoms with Crippen molar-refractivity contribution in [3.8, 4) is 0 Å². The molecule has 3 N–H and O–H groups in total. The molecule has 2 fully saturated rings. The van der Waals surface area contributed by atoms with Gasteiger partial charge in [-0.3, -0.25) is 10.1 Å². The van der Waals surface area contributed by atoms with Crippen molar-refractivity contribution >= 4 is 11.4 Å². The Morgan fingerprint density at radius 3 is 3.05 bits per heavy atom. The van der Waals surface area contributed by atoms with Gasteiger partial charge < -0.3 is 15.8 Å². The first kappa shape index (κ1) is 12.4. The number of nitrogens with two attached hydrogens (primary N) is 1. The maximum atomic E-state index is 11.1. The third-order valence-electron chi connectivity index (χ3n) is 4.19. The predicted molar refractivity (Wildman–Crippen MR) is 71.1 cm³/mol. The summed E-state index contributed by atoms with van der Waals surface area (Å²) in [5.74, 6) is 0.390. The molecule has 19 heavy (non-hydrogen) atoms. The Morgan fingerprint density at radius 1 is 1.53 bits per heavy atom. The van der Waals surface area contributed by atoms with Crippen LogP contribution in [0.5, 0.6) is 0 Å². The van der Waals surface area contributed by atoms with Crippen molar-refractivity contribution in [2.75, 3.05) is 11.9 Å². The first-order valence-corrected chi connectivity index (χ1v) is 6.47. The van der Waals surface area contributed by atoms with Crippen LogP contribution >= 0.6 is 0 Å². The van der Waals surface area contributed by atoms with Crippen LogP contribution in [0.15, 0.2) is 18.2 Å². The third-order valence-corrected chi connectivity index (χ3v) is 4.19. The molecule has 6 nitrogen and oxygen atoms in total. The molecule has 3 rings (SSSR count). The van der Waals surface area contributed by atoms with E-state index in [4.69, 9.17) is 10.5 Å². The van der Waals surface area contributed by atoms with Crippen molar-refractivity contribution in [3.63, 3.8) is 0 Å². The van der Waals surface area contributed by atoms with Crippen molar-refractivity contribution in [3.05, 3.63) is 33.9 Å². The molecule has 6 heteroatoms. The van der Waals surface area contributed by atoms with Gasteiger partial charge in [-0.1, -0.05) is 12.1 Å². The van der Waals surface area contributed by atoms with Crippen LogP contribution in [0.3, 0.4) is 0 Å².